The molecule has 0 aromatic rings. The van der Waals surface area contributed by atoms with Crippen LogP contribution in [-0.2, 0) is 0 Å². The van der Waals surface area contributed by atoms with Crippen molar-refractivity contribution in [2.24, 2.45) is 0 Å². The third-order valence-electron chi connectivity index (χ3n) is 2.76. The average molecular weight is 153 g/mol. The molecule has 0 spiro atoms. The SMILES string of the molecule is C=CC(C)N1CCCC1CC. The molecule has 0 N–H and O–H groups in total. The summed E-state index contributed by atoms with van der Waals surface area (Å²) in [5, 5.41) is 0. The molecular weight excluding hydrogens is 134 g/mol. The normalized spacial score (nSPS) is 28.7. The Labute approximate surface area is 70.1 Å². The molecule has 1 heterocycles. The molecule has 1 saturated heterocycles. The zero-order valence-electron chi connectivity index (χ0n) is 7.71. The van der Waals surface area contributed by atoms with Gasteiger partial charge in [0.15, 0.2) is 0 Å². The zero-order valence-corrected chi connectivity index (χ0v) is 7.71. The van der Waals surface area contributed by atoms with E-state index in [1.807, 2.05) is 6.08 Å². The van der Waals surface area contributed by atoms with Crippen molar-refractivity contribution in [3.8, 4) is 0 Å². The van der Waals surface area contributed by atoms with Gasteiger partial charge in [-0.25, -0.2) is 0 Å². The Balaban J connectivity index is 2.48. The molecule has 0 amide bonds. The average Bonchev–Trinajstić information content (AvgIpc) is 2.50. The first-order valence-electron chi connectivity index (χ1n) is 4.68. The van der Waals surface area contributed by atoms with Crippen molar-refractivity contribution in [1.82, 2.24) is 4.90 Å². The van der Waals surface area contributed by atoms with E-state index < -0.39 is 0 Å². The largest absolute Gasteiger partial charge is 0.294 e. The third-order valence-corrected chi connectivity index (χ3v) is 2.76. The van der Waals surface area contributed by atoms with E-state index in [1.165, 1.54) is 25.8 Å². The van der Waals surface area contributed by atoms with Crippen LogP contribution in [0.5, 0.6) is 0 Å². The smallest absolute Gasteiger partial charge is 0.0250 e. The highest BCUT2D eigenvalue weighted by atomic mass is 15.2. The molecular formula is C10H19N. The topological polar surface area (TPSA) is 3.24 Å². The molecule has 2 unspecified atom stereocenters. The Morgan fingerprint density at radius 1 is 1.73 bits per heavy atom. The summed E-state index contributed by atoms with van der Waals surface area (Å²) in [4.78, 5) is 2.56. The molecule has 0 aromatic heterocycles. The summed E-state index contributed by atoms with van der Waals surface area (Å²) in [6.45, 7) is 9.62. The van der Waals surface area contributed by atoms with Gasteiger partial charge in [0, 0.05) is 12.1 Å². The monoisotopic (exact) mass is 153 g/mol. The number of hydrogen-bond acceptors (Lipinski definition) is 1. The van der Waals surface area contributed by atoms with Gasteiger partial charge in [-0.2, -0.15) is 0 Å². The molecule has 0 aliphatic carbocycles. The van der Waals surface area contributed by atoms with Gasteiger partial charge in [0.1, 0.15) is 0 Å². The molecule has 2 atom stereocenters. The minimum atomic E-state index is 0.572. The lowest BCUT2D eigenvalue weighted by Gasteiger charge is -2.27. The van der Waals surface area contributed by atoms with Gasteiger partial charge < -0.3 is 0 Å². The van der Waals surface area contributed by atoms with E-state index in [-0.39, 0.29) is 0 Å². The Kier molecular flexibility index (Phi) is 3.13. The van der Waals surface area contributed by atoms with E-state index in [0.717, 1.165) is 6.04 Å². The second-order valence-electron chi connectivity index (χ2n) is 3.42. The quantitative estimate of drug-likeness (QED) is 0.563. The maximum atomic E-state index is 3.83. The number of hydrogen-bond donors (Lipinski definition) is 0. The van der Waals surface area contributed by atoms with Crippen molar-refractivity contribution in [2.45, 2.75) is 45.2 Å². The van der Waals surface area contributed by atoms with Crippen LogP contribution in [0.1, 0.15) is 33.1 Å². The van der Waals surface area contributed by atoms with E-state index in [0.29, 0.717) is 6.04 Å². The van der Waals surface area contributed by atoms with Gasteiger partial charge in [0.2, 0.25) is 0 Å². The highest BCUT2D eigenvalue weighted by Crippen LogP contribution is 2.22. The summed E-state index contributed by atoms with van der Waals surface area (Å²) in [5.74, 6) is 0. The van der Waals surface area contributed by atoms with Crippen LogP contribution in [0.2, 0.25) is 0 Å². The van der Waals surface area contributed by atoms with Crippen molar-refractivity contribution in [3.63, 3.8) is 0 Å². The van der Waals surface area contributed by atoms with Crippen LogP contribution in [0.15, 0.2) is 12.7 Å². The van der Waals surface area contributed by atoms with Crippen molar-refractivity contribution < 1.29 is 0 Å². The van der Waals surface area contributed by atoms with Crippen LogP contribution < -0.4 is 0 Å². The second-order valence-corrected chi connectivity index (χ2v) is 3.42. The summed E-state index contributed by atoms with van der Waals surface area (Å²) in [5.41, 5.74) is 0. The number of rotatable bonds is 3. The predicted molar refractivity (Wildman–Crippen MR) is 49.7 cm³/mol. The molecule has 0 radical (unpaired) electrons. The van der Waals surface area contributed by atoms with E-state index in [4.69, 9.17) is 0 Å². The van der Waals surface area contributed by atoms with Gasteiger partial charge in [-0.15, -0.1) is 6.58 Å². The molecule has 0 saturated carbocycles. The predicted octanol–water partition coefficient (Wildman–Crippen LogP) is 2.44. The first-order chi connectivity index (χ1) is 5.29. The van der Waals surface area contributed by atoms with Crippen LogP contribution in [0.4, 0.5) is 0 Å². The summed E-state index contributed by atoms with van der Waals surface area (Å²) < 4.78 is 0. The number of likely N-dealkylation sites (tertiary alicyclic amines) is 1. The van der Waals surface area contributed by atoms with E-state index in [2.05, 4.69) is 25.3 Å². The molecule has 1 aliphatic rings. The zero-order chi connectivity index (χ0) is 8.27. The minimum absolute atomic E-state index is 0.572. The third kappa shape index (κ3) is 1.84. The first kappa shape index (κ1) is 8.79. The van der Waals surface area contributed by atoms with Gasteiger partial charge >= 0.3 is 0 Å². The second kappa shape index (κ2) is 3.91. The van der Waals surface area contributed by atoms with Gasteiger partial charge in [-0.3, -0.25) is 4.90 Å². The molecule has 1 rings (SSSR count). The van der Waals surface area contributed by atoms with Gasteiger partial charge in [-0.1, -0.05) is 13.0 Å². The molecule has 11 heavy (non-hydrogen) atoms. The lowest BCUT2D eigenvalue weighted by molar-refractivity contribution is 0.218. The van der Waals surface area contributed by atoms with Gasteiger partial charge in [0.25, 0.3) is 0 Å². The van der Waals surface area contributed by atoms with E-state index >= 15 is 0 Å². The molecule has 0 bridgehead atoms. The molecule has 1 nitrogen and oxygen atoms in total. The Morgan fingerprint density at radius 2 is 2.45 bits per heavy atom. The van der Waals surface area contributed by atoms with Gasteiger partial charge in [0.05, 0.1) is 0 Å². The van der Waals surface area contributed by atoms with Crippen molar-refractivity contribution in [3.05, 3.63) is 12.7 Å². The Hall–Kier alpha value is -0.300. The van der Waals surface area contributed by atoms with Crippen molar-refractivity contribution in [2.75, 3.05) is 6.54 Å². The van der Waals surface area contributed by atoms with Crippen molar-refractivity contribution >= 4 is 0 Å². The summed E-state index contributed by atoms with van der Waals surface area (Å²) in [7, 11) is 0. The van der Waals surface area contributed by atoms with Crippen LogP contribution in [0, 0.1) is 0 Å². The minimum Gasteiger partial charge on any atom is -0.294 e. The highest BCUT2D eigenvalue weighted by Gasteiger charge is 2.24. The van der Waals surface area contributed by atoms with E-state index in [1.54, 1.807) is 0 Å². The molecule has 0 aromatic carbocycles. The highest BCUT2D eigenvalue weighted by molar-refractivity contribution is 4.90. The summed E-state index contributed by atoms with van der Waals surface area (Å²) >= 11 is 0. The van der Waals surface area contributed by atoms with Crippen LogP contribution in [-0.4, -0.2) is 23.5 Å². The first-order valence-corrected chi connectivity index (χ1v) is 4.68. The van der Waals surface area contributed by atoms with Crippen LogP contribution >= 0.6 is 0 Å². The number of nitrogens with zero attached hydrogens (tertiary/aromatic N) is 1. The molecule has 1 heteroatoms. The maximum absolute atomic E-state index is 3.83. The standard InChI is InChI=1S/C10H19N/c1-4-9(3)11-8-6-7-10(11)5-2/h4,9-10H,1,5-8H2,2-3H3. The fraction of sp³-hybridized carbons (Fsp3) is 0.800. The Bertz CT molecular complexity index is 131. The van der Waals surface area contributed by atoms with Crippen LogP contribution in [0.3, 0.4) is 0 Å². The van der Waals surface area contributed by atoms with Crippen LogP contribution in [0.25, 0.3) is 0 Å². The van der Waals surface area contributed by atoms with E-state index in [9.17, 15) is 0 Å². The van der Waals surface area contributed by atoms with Crippen molar-refractivity contribution in [1.29, 1.82) is 0 Å². The fourth-order valence-corrected chi connectivity index (χ4v) is 1.97. The lowest BCUT2D eigenvalue weighted by atomic mass is 10.1. The molecule has 64 valence electrons. The lowest BCUT2D eigenvalue weighted by Crippen LogP contribution is -2.35. The van der Waals surface area contributed by atoms with Gasteiger partial charge in [-0.05, 0) is 32.7 Å². The molecule has 1 fully saturated rings. The fourth-order valence-electron chi connectivity index (χ4n) is 1.97. The summed E-state index contributed by atoms with van der Waals surface area (Å²) in [6.07, 6.45) is 6.09. The molecule has 1 aliphatic heterocycles. The maximum Gasteiger partial charge on any atom is 0.0250 e. The summed E-state index contributed by atoms with van der Waals surface area (Å²) in [6, 6.07) is 1.39. The Morgan fingerprint density at radius 3 is 3.00 bits per heavy atom.